The molecule has 0 radical (unpaired) electrons. The van der Waals surface area contributed by atoms with E-state index < -0.39 is 5.91 Å². The number of rotatable bonds is 5. The smallest absolute Gasteiger partial charge is 0.292 e. The molecule has 0 aromatic carbocycles. The average Bonchev–Trinajstić information content (AvgIpc) is 3.30. The van der Waals surface area contributed by atoms with Crippen molar-refractivity contribution in [2.45, 2.75) is 44.9 Å². The van der Waals surface area contributed by atoms with Crippen LogP contribution < -0.4 is 5.73 Å². The molecule has 134 valence electrons. The van der Waals surface area contributed by atoms with Crippen LogP contribution in [0.3, 0.4) is 0 Å². The Labute approximate surface area is 145 Å². The zero-order valence-corrected chi connectivity index (χ0v) is 14.5. The number of carbonyl (C=O) groups excluding carboxylic acids is 2. The Bertz CT molecular complexity index is 766. The summed E-state index contributed by atoms with van der Waals surface area (Å²) in [6.07, 6.45) is 2.72. The molecule has 0 unspecified atom stereocenters. The Morgan fingerprint density at radius 1 is 1.48 bits per heavy atom. The summed E-state index contributed by atoms with van der Waals surface area (Å²) < 4.78 is 5.26. The number of aromatic nitrogens is 3. The Kier molecular flexibility index (Phi) is 4.87. The predicted molar refractivity (Wildman–Crippen MR) is 90.2 cm³/mol. The van der Waals surface area contributed by atoms with Crippen molar-refractivity contribution in [3.63, 3.8) is 0 Å². The average molecular weight is 345 g/mol. The Hall–Kier alpha value is -2.64. The minimum absolute atomic E-state index is 0.0928. The highest BCUT2D eigenvalue weighted by Crippen LogP contribution is 2.27. The maximum absolute atomic E-state index is 12.7. The van der Waals surface area contributed by atoms with Crippen LogP contribution in [0.1, 0.15) is 77.4 Å². The number of likely N-dealkylation sites (tertiary alicyclic amines) is 1. The largest absolute Gasteiger partial charge is 0.364 e. The quantitative estimate of drug-likeness (QED) is 0.859. The third kappa shape index (κ3) is 3.57. The molecule has 1 aliphatic rings. The highest BCUT2D eigenvalue weighted by Gasteiger charge is 2.29. The topological polar surface area (TPSA) is 118 Å². The number of nitrogens with two attached hydrogens (primary N) is 1. The first-order chi connectivity index (χ1) is 12.0. The van der Waals surface area contributed by atoms with Gasteiger partial charge in [-0.25, -0.2) is 0 Å². The second-order valence-electron chi connectivity index (χ2n) is 6.59. The Morgan fingerprint density at radius 2 is 2.28 bits per heavy atom. The summed E-state index contributed by atoms with van der Waals surface area (Å²) in [6.45, 7) is 5.34. The number of aromatic amines is 1. The van der Waals surface area contributed by atoms with Crippen LogP contribution in [0.5, 0.6) is 0 Å². The number of hydrogen-bond donors (Lipinski definition) is 2. The van der Waals surface area contributed by atoms with Crippen LogP contribution in [0.2, 0.25) is 0 Å². The number of hydrogen-bond acceptors (Lipinski definition) is 5. The van der Waals surface area contributed by atoms with E-state index in [1.807, 2.05) is 0 Å². The summed E-state index contributed by atoms with van der Waals surface area (Å²) in [7, 11) is 0. The van der Waals surface area contributed by atoms with Crippen LogP contribution in [0.15, 0.2) is 16.7 Å². The van der Waals surface area contributed by atoms with Gasteiger partial charge in [0.15, 0.2) is 0 Å². The molecule has 3 N–H and O–H groups in total. The summed E-state index contributed by atoms with van der Waals surface area (Å²) in [5.41, 5.74) is 7.08. The molecule has 1 aliphatic heterocycles. The molecule has 1 saturated heterocycles. The standard InChI is InChI=1S/C17H23N5O3/c1-3-10(2)12-8-15(25-21-12)17(24)22-6-4-5-11(9-22)13-7-14(16(18)23)20-19-13/h7-8,10-11H,3-6,9H2,1-2H3,(H2,18,23)(H,19,20)/t10-,11+/m0/s1. The number of amides is 2. The third-order valence-electron chi connectivity index (χ3n) is 4.85. The third-order valence-corrected chi connectivity index (χ3v) is 4.85. The highest BCUT2D eigenvalue weighted by molar-refractivity contribution is 5.92. The van der Waals surface area contributed by atoms with E-state index in [-0.39, 0.29) is 29.2 Å². The van der Waals surface area contributed by atoms with Gasteiger partial charge in [0.25, 0.3) is 11.8 Å². The van der Waals surface area contributed by atoms with Gasteiger partial charge in [0, 0.05) is 36.7 Å². The minimum Gasteiger partial charge on any atom is -0.364 e. The molecule has 2 aromatic rings. The van der Waals surface area contributed by atoms with Crippen LogP contribution in [0, 0.1) is 0 Å². The van der Waals surface area contributed by atoms with Crippen molar-refractivity contribution in [2.75, 3.05) is 13.1 Å². The second-order valence-corrected chi connectivity index (χ2v) is 6.59. The van der Waals surface area contributed by atoms with E-state index in [1.54, 1.807) is 17.0 Å². The molecule has 8 heteroatoms. The fraction of sp³-hybridized carbons (Fsp3) is 0.529. The molecule has 2 aromatic heterocycles. The summed E-state index contributed by atoms with van der Waals surface area (Å²) in [6, 6.07) is 3.40. The fourth-order valence-electron chi connectivity index (χ4n) is 3.07. The SMILES string of the molecule is CC[C@H](C)c1cc(C(=O)N2CCC[C@@H](c3cc(C(N)=O)n[nH]3)C2)on1. The zero-order valence-electron chi connectivity index (χ0n) is 14.5. The van der Waals surface area contributed by atoms with Crippen molar-refractivity contribution in [2.24, 2.45) is 5.73 Å². The lowest BCUT2D eigenvalue weighted by atomic mass is 9.94. The first-order valence-corrected chi connectivity index (χ1v) is 8.60. The number of nitrogens with zero attached hydrogens (tertiary/aromatic N) is 3. The molecule has 3 rings (SSSR count). The highest BCUT2D eigenvalue weighted by atomic mass is 16.5. The van der Waals surface area contributed by atoms with Crippen LogP contribution in [-0.4, -0.2) is 45.2 Å². The molecule has 0 bridgehead atoms. The van der Waals surface area contributed by atoms with E-state index in [0.717, 1.165) is 30.7 Å². The second kappa shape index (κ2) is 7.08. The lowest BCUT2D eigenvalue weighted by Crippen LogP contribution is -2.39. The van der Waals surface area contributed by atoms with Crippen molar-refractivity contribution in [3.8, 4) is 0 Å². The number of piperidine rings is 1. The van der Waals surface area contributed by atoms with Crippen molar-refractivity contribution in [1.82, 2.24) is 20.3 Å². The summed E-state index contributed by atoms with van der Waals surface area (Å²) >= 11 is 0. The molecule has 0 saturated carbocycles. The lowest BCUT2D eigenvalue weighted by molar-refractivity contribution is 0.0663. The molecule has 2 amide bonds. The van der Waals surface area contributed by atoms with Crippen LogP contribution in [0.25, 0.3) is 0 Å². The normalized spacial score (nSPS) is 19.0. The molecule has 25 heavy (non-hydrogen) atoms. The molecule has 3 heterocycles. The molecule has 0 aliphatic carbocycles. The molecule has 0 spiro atoms. The summed E-state index contributed by atoms with van der Waals surface area (Å²) in [5.74, 6) is -0.0860. The van der Waals surface area contributed by atoms with Gasteiger partial charge >= 0.3 is 0 Å². The van der Waals surface area contributed by atoms with Crippen LogP contribution >= 0.6 is 0 Å². The van der Waals surface area contributed by atoms with E-state index in [2.05, 4.69) is 29.2 Å². The van der Waals surface area contributed by atoms with Crippen LogP contribution in [0.4, 0.5) is 0 Å². The maximum atomic E-state index is 12.7. The maximum Gasteiger partial charge on any atom is 0.292 e. The first-order valence-electron chi connectivity index (χ1n) is 8.60. The van der Waals surface area contributed by atoms with Crippen molar-refractivity contribution in [1.29, 1.82) is 0 Å². The predicted octanol–water partition coefficient (Wildman–Crippen LogP) is 2.03. The van der Waals surface area contributed by atoms with Gasteiger partial charge in [0.1, 0.15) is 5.69 Å². The van der Waals surface area contributed by atoms with Crippen molar-refractivity contribution >= 4 is 11.8 Å². The number of carbonyl (C=O) groups is 2. The molecule has 8 nitrogen and oxygen atoms in total. The monoisotopic (exact) mass is 345 g/mol. The lowest BCUT2D eigenvalue weighted by Gasteiger charge is -2.31. The number of H-pyrrole nitrogens is 1. The van der Waals surface area contributed by atoms with Gasteiger partial charge < -0.3 is 15.2 Å². The number of nitrogens with one attached hydrogen (secondary N) is 1. The van der Waals surface area contributed by atoms with Gasteiger partial charge in [-0.1, -0.05) is 19.0 Å². The van der Waals surface area contributed by atoms with Gasteiger partial charge in [0.2, 0.25) is 5.76 Å². The van der Waals surface area contributed by atoms with Crippen molar-refractivity contribution in [3.05, 3.63) is 35.0 Å². The minimum atomic E-state index is -0.564. The van der Waals surface area contributed by atoms with Crippen LogP contribution in [-0.2, 0) is 0 Å². The Morgan fingerprint density at radius 3 is 2.96 bits per heavy atom. The van der Waals surface area contributed by atoms with Gasteiger partial charge in [-0.2, -0.15) is 5.10 Å². The van der Waals surface area contributed by atoms with Gasteiger partial charge in [-0.3, -0.25) is 14.7 Å². The molecule has 2 atom stereocenters. The molecule has 1 fully saturated rings. The van der Waals surface area contributed by atoms with E-state index >= 15 is 0 Å². The Balaban J connectivity index is 1.70. The summed E-state index contributed by atoms with van der Waals surface area (Å²) in [4.78, 5) is 25.7. The van der Waals surface area contributed by atoms with E-state index in [4.69, 9.17) is 10.3 Å². The van der Waals surface area contributed by atoms with E-state index in [0.29, 0.717) is 13.1 Å². The number of primary amides is 1. The van der Waals surface area contributed by atoms with Crippen molar-refractivity contribution < 1.29 is 14.1 Å². The fourth-order valence-corrected chi connectivity index (χ4v) is 3.07. The van der Waals surface area contributed by atoms with Gasteiger partial charge in [-0.15, -0.1) is 0 Å². The van der Waals surface area contributed by atoms with E-state index in [9.17, 15) is 9.59 Å². The molecular formula is C17H23N5O3. The first kappa shape index (κ1) is 17.2. The molecular weight excluding hydrogens is 322 g/mol. The van der Waals surface area contributed by atoms with Gasteiger partial charge in [-0.05, 0) is 25.3 Å². The van der Waals surface area contributed by atoms with Gasteiger partial charge in [0.05, 0.1) is 5.69 Å². The van der Waals surface area contributed by atoms with E-state index in [1.165, 1.54) is 0 Å². The summed E-state index contributed by atoms with van der Waals surface area (Å²) in [5, 5.41) is 10.8. The zero-order chi connectivity index (χ0) is 18.0.